The Hall–Kier alpha value is -2.81. The number of nitro benzene ring substituents is 1. The smallest absolute Gasteiger partial charge is 0.293 e. The minimum Gasteiger partial charge on any atom is -0.486 e. The van der Waals surface area contributed by atoms with Gasteiger partial charge in [-0.25, -0.2) is 8.42 Å². The van der Waals surface area contributed by atoms with E-state index in [0.717, 1.165) is 12.3 Å². The van der Waals surface area contributed by atoms with Gasteiger partial charge in [-0.15, -0.1) is 0 Å². The van der Waals surface area contributed by atoms with Crippen LogP contribution in [0.15, 0.2) is 47.4 Å². The van der Waals surface area contributed by atoms with Gasteiger partial charge in [-0.2, -0.15) is 0 Å². The van der Waals surface area contributed by atoms with E-state index in [1.54, 1.807) is 18.0 Å². The third kappa shape index (κ3) is 3.72. The van der Waals surface area contributed by atoms with Gasteiger partial charge in [0.15, 0.2) is 27.4 Å². The second-order valence-electron chi connectivity index (χ2n) is 6.06. The van der Waals surface area contributed by atoms with Crippen LogP contribution in [0.3, 0.4) is 0 Å². The van der Waals surface area contributed by atoms with E-state index in [-0.39, 0.29) is 16.7 Å². The summed E-state index contributed by atoms with van der Waals surface area (Å²) >= 11 is 0. The summed E-state index contributed by atoms with van der Waals surface area (Å²) < 4.78 is 34.8. The molecule has 1 aliphatic heterocycles. The van der Waals surface area contributed by atoms with Crippen molar-refractivity contribution in [2.24, 2.45) is 0 Å². The first-order chi connectivity index (χ1) is 12.3. The Morgan fingerprint density at radius 2 is 1.92 bits per heavy atom. The first-order valence-corrected chi connectivity index (χ1v) is 9.73. The highest BCUT2D eigenvalue weighted by Gasteiger charge is 2.26. The summed E-state index contributed by atoms with van der Waals surface area (Å²) in [7, 11) is -1.84. The fourth-order valence-electron chi connectivity index (χ4n) is 2.76. The van der Waals surface area contributed by atoms with Crippen LogP contribution in [0, 0.1) is 10.1 Å². The molecule has 1 aliphatic rings. The van der Waals surface area contributed by atoms with Gasteiger partial charge in [-0.05, 0) is 24.3 Å². The number of sulfone groups is 1. The lowest BCUT2D eigenvalue weighted by Crippen LogP contribution is -2.39. The van der Waals surface area contributed by atoms with E-state index in [1.165, 1.54) is 12.1 Å². The number of hydrogen-bond acceptors (Lipinski definition) is 7. The fraction of sp³-hybridized carbons (Fsp3) is 0.294. The van der Waals surface area contributed by atoms with Crippen molar-refractivity contribution in [1.29, 1.82) is 0 Å². The lowest BCUT2D eigenvalue weighted by Gasteiger charge is -2.30. The fourth-order valence-corrected chi connectivity index (χ4v) is 3.40. The molecule has 3 rings (SSSR count). The van der Waals surface area contributed by atoms with Gasteiger partial charge in [0, 0.05) is 19.4 Å². The molecule has 2 aromatic carbocycles. The Kier molecular flexibility index (Phi) is 4.73. The highest BCUT2D eigenvalue weighted by Crippen LogP contribution is 2.33. The topological polar surface area (TPSA) is 99.0 Å². The third-order valence-electron chi connectivity index (χ3n) is 4.03. The number of benzene rings is 2. The quantitative estimate of drug-likeness (QED) is 0.581. The highest BCUT2D eigenvalue weighted by molar-refractivity contribution is 7.90. The van der Waals surface area contributed by atoms with Crippen LogP contribution >= 0.6 is 0 Å². The average Bonchev–Trinajstić information content (AvgIpc) is 2.60. The zero-order chi connectivity index (χ0) is 18.9. The summed E-state index contributed by atoms with van der Waals surface area (Å²) in [6, 6.07) is 11.2. The molecular weight excluding hydrogens is 360 g/mol. The van der Waals surface area contributed by atoms with Crippen LogP contribution in [0.4, 0.5) is 11.4 Å². The van der Waals surface area contributed by atoms with Gasteiger partial charge >= 0.3 is 0 Å². The molecule has 0 N–H and O–H groups in total. The average molecular weight is 378 g/mol. The molecule has 0 aliphatic carbocycles. The zero-order valence-electron chi connectivity index (χ0n) is 14.3. The highest BCUT2D eigenvalue weighted by atomic mass is 32.2. The van der Waals surface area contributed by atoms with Crippen LogP contribution in [0.25, 0.3) is 0 Å². The van der Waals surface area contributed by atoms with Gasteiger partial charge in [0.2, 0.25) is 0 Å². The molecule has 0 spiro atoms. The molecule has 0 fully saturated rings. The standard InChI is InChI=1S/C17H18N2O6S/c1-18(10-12-11-24-16-5-3-4-6-17(16)25-12)14-8-7-13(26(2,22)23)9-15(14)19(20)21/h3-9,12H,10-11H2,1-2H3/t12-/m0/s1. The number of ether oxygens (including phenoxy) is 2. The van der Waals surface area contributed by atoms with Crippen molar-refractivity contribution in [1.82, 2.24) is 0 Å². The number of nitrogens with zero attached hydrogens (tertiary/aromatic N) is 2. The van der Waals surface area contributed by atoms with E-state index < -0.39 is 14.8 Å². The summed E-state index contributed by atoms with van der Waals surface area (Å²) in [5, 5.41) is 11.4. The first kappa shape index (κ1) is 18.0. The number of anilines is 1. The molecule has 0 aromatic heterocycles. The van der Waals surface area contributed by atoms with Crippen molar-refractivity contribution in [2.75, 3.05) is 31.4 Å². The Balaban J connectivity index is 1.82. The molecule has 138 valence electrons. The van der Waals surface area contributed by atoms with E-state index in [0.29, 0.717) is 30.3 Å². The minimum atomic E-state index is -3.53. The number of nitro groups is 1. The number of fused-ring (bicyclic) bond motifs is 1. The van der Waals surface area contributed by atoms with Crippen LogP contribution in [-0.4, -0.2) is 45.9 Å². The number of hydrogen-bond donors (Lipinski definition) is 0. The van der Waals surface area contributed by atoms with Crippen LogP contribution in [-0.2, 0) is 9.84 Å². The molecule has 1 heterocycles. The van der Waals surface area contributed by atoms with Gasteiger partial charge in [0.1, 0.15) is 12.3 Å². The van der Waals surface area contributed by atoms with Crippen molar-refractivity contribution in [3.05, 3.63) is 52.6 Å². The van der Waals surface area contributed by atoms with Crippen molar-refractivity contribution in [2.45, 2.75) is 11.0 Å². The van der Waals surface area contributed by atoms with Crippen LogP contribution in [0.2, 0.25) is 0 Å². The molecule has 2 aromatic rings. The Morgan fingerprint density at radius 1 is 1.23 bits per heavy atom. The van der Waals surface area contributed by atoms with E-state index in [1.807, 2.05) is 18.2 Å². The van der Waals surface area contributed by atoms with Crippen LogP contribution in [0.5, 0.6) is 11.5 Å². The SMILES string of the molecule is CN(C[C@H]1COc2ccccc2O1)c1ccc(S(C)(=O)=O)cc1[N+](=O)[O-]. The monoisotopic (exact) mass is 378 g/mol. The molecule has 1 atom stereocenters. The largest absolute Gasteiger partial charge is 0.486 e. The minimum absolute atomic E-state index is 0.0903. The predicted octanol–water partition coefficient (Wildman–Crippen LogP) is 2.27. The molecule has 9 heteroatoms. The van der Waals surface area contributed by atoms with E-state index >= 15 is 0 Å². The number of para-hydroxylation sites is 2. The Labute approximate surface area is 151 Å². The summed E-state index contributed by atoms with van der Waals surface area (Å²) in [6.45, 7) is 0.657. The Bertz CT molecular complexity index is 944. The second-order valence-corrected chi connectivity index (χ2v) is 8.07. The molecule has 0 unspecified atom stereocenters. The third-order valence-corrected chi connectivity index (χ3v) is 5.14. The maximum atomic E-state index is 11.6. The van der Waals surface area contributed by atoms with Crippen LogP contribution in [0.1, 0.15) is 0 Å². The molecule has 0 saturated carbocycles. The van der Waals surface area contributed by atoms with Gasteiger partial charge < -0.3 is 14.4 Å². The van der Waals surface area contributed by atoms with E-state index in [9.17, 15) is 18.5 Å². The molecule has 0 bridgehead atoms. The summed E-state index contributed by atoms with van der Waals surface area (Å²) in [6.07, 6.45) is 0.698. The molecule has 0 amide bonds. The first-order valence-electron chi connectivity index (χ1n) is 7.84. The lowest BCUT2D eigenvalue weighted by molar-refractivity contribution is -0.384. The van der Waals surface area contributed by atoms with Gasteiger partial charge in [-0.1, -0.05) is 12.1 Å². The summed E-state index contributed by atoms with van der Waals surface area (Å²) in [5.41, 5.74) is 0.0393. The molecule has 26 heavy (non-hydrogen) atoms. The van der Waals surface area contributed by atoms with Gasteiger partial charge in [0.25, 0.3) is 5.69 Å². The maximum Gasteiger partial charge on any atom is 0.293 e. The van der Waals surface area contributed by atoms with Crippen molar-refractivity contribution >= 4 is 21.2 Å². The number of likely N-dealkylation sites (N-methyl/N-ethyl adjacent to an activating group) is 1. The van der Waals surface area contributed by atoms with Gasteiger partial charge in [-0.3, -0.25) is 10.1 Å². The van der Waals surface area contributed by atoms with Crippen molar-refractivity contribution in [3.63, 3.8) is 0 Å². The molecule has 0 saturated heterocycles. The second kappa shape index (κ2) is 6.83. The maximum absolute atomic E-state index is 11.6. The van der Waals surface area contributed by atoms with Crippen molar-refractivity contribution in [3.8, 4) is 11.5 Å². The predicted molar refractivity (Wildman–Crippen MR) is 95.8 cm³/mol. The van der Waals surface area contributed by atoms with Crippen LogP contribution < -0.4 is 14.4 Å². The summed E-state index contributed by atoms with van der Waals surface area (Å²) in [4.78, 5) is 12.4. The summed E-state index contributed by atoms with van der Waals surface area (Å²) in [5.74, 6) is 1.29. The van der Waals surface area contributed by atoms with Crippen molar-refractivity contribution < 1.29 is 22.8 Å². The molecule has 8 nitrogen and oxygen atoms in total. The van der Waals surface area contributed by atoms with E-state index in [4.69, 9.17) is 9.47 Å². The van der Waals surface area contributed by atoms with Gasteiger partial charge in [0.05, 0.1) is 16.4 Å². The van der Waals surface area contributed by atoms with E-state index in [2.05, 4.69) is 0 Å². The lowest BCUT2D eigenvalue weighted by atomic mass is 10.2. The number of rotatable bonds is 5. The molecular formula is C17H18N2O6S. The Morgan fingerprint density at radius 3 is 2.58 bits per heavy atom. The molecule has 0 radical (unpaired) electrons. The normalized spacial score (nSPS) is 16.2. The zero-order valence-corrected chi connectivity index (χ0v) is 15.1.